The molecule has 5 heteroatoms. The first kappa shape index (κ1) is 16.2. The van der Waals surface area contributed by atoms with Gasteiger partial charge in [-0.05, 0) is 25.0 Å². The molecule has 1 aromatic carbocycles. The van der Waals surface area contributed by atoms with E-state index < -0.39 is 0 Å². The number of fused-ring (bicyclic) bond motifs is 1. The average Bonchev–Trinajstić information content (AvgIpc) is 2.55. The Hall–Kier alpha value is -2.17. The van der Waals surface area contributed by atoms with Gasteiger partial charge in [0.25, 0.3) is 5.56 Å². The maximum Gasteiger partial charge on any atom is 0.305 e. The maximum absolute atomic E-state index is 12.6. The summed E-state index contributed by atoms with van der Waals surface area (Å²) in [7, 11) is 0. The van der Waals surface area contributed by atoms with Crippen LogP contribution in [0.3, 0.4) is 0 Å². The van der Waals surface area contributed by atoms with E-state index in [0.717, 1.165) is 24.2 Å². The van der Waals surface area contributed by atoms with Crippen molar-refractivity contribution >= 4 is 16.9 Å². The Bertz CT molecular complexity index is 707. The van der Waals surface area contributed by atoms with Crippen molar-refractivity contribution in [3.63, 3.8) is 0 Å². The lowest BCUT2D eigenvalue weighted by Crippen LogP contribution is -2.25. The van der Waals surface area contributed by atoms with Crippen LogP contribution in [0.5, 0.6) is 0 Å². The van der Waals surface area contributed by atoms with Crippen LogP contribution >= 0.6 is 0 Å². The van der Waals surface area contributed by atoms with Crippen molar-refractivity contribution in [3.8, 4) is 0 Å². The van der Waals surface area contributed by atoms with Gasteiger partial charge >= 0.3 is 5.97 Å². The van der Waals surface area contributed by atoms with Crippen LogP contribution in [-0.4, -0.2) is 22.1 Å². The van der Waals surface area contributed by atoms with Crippen LogP contribution in [0.2, 0.25) is 0 Å². The van der Waals surface area contributed by atoms with Gasteiger partial charge in [-0.2, -0.15) is 0 Å². The first-order chi connectivity index (χ1) is 10.7. The fourth-order valence-corrected chi connectivity index (χ4v) is 2.37. The van der Waals surface area contributed by atoms with Crippen molar-refractivity contribution < 1.29 is 9.53 Å². The van der Waals surface area contributed by atoms with E-state index in [9.17, 15) is 9.59 Å². The first-order valence-corrected chi connectivity index (χ1v) is 7.81. The normalized spacial score (nSPS) is 10.8. The molecule has 0 aliphatic heterocycles. The van der Waals surface area contributed by atoms with Crippen molar-refractivity contribution in [2.24, 2.45) is 0 Å². The van der Waals surface area contributed by atoms with E-state index in [1.165, 1.54) is 0 Å². The fraction of sp³-hybridized carbons (Fsp3) is 0.471. The number of unbranched alkanes of at least 4 members (excludes halogenated alkanes) is 1. The second kappa shape index (κ2) is 7.73. The first-order valence-electron chi connectivity index (χ1n) is 7.81. The number of carbonyl (C=O) groups excluding carboxylic acids is 1. The van der Waals surface area contributed by atoms with E-state index in [1.54, 1.807) is 11.5 Å². The lowest BCUT2D eigenvalue weighted by atomic mass is 10.2. The summed E-state index contributed by atoms with van der Waals surface area (Å²) >= 11 is 0. The second-order valence-corrected chi connectivity index (χ2v) is 5.14. The van der Waals surface area contributed by atoms with Gasteiger partial charge in [-0.15, -0.1) is 0 Å². The molecular formula is C17H22N2O3. The van der Waals surface area contributed by atoms with Crippen LogP contribution in [-0.2, 0) is 22.5 Å². The van der Waals surface area contributed by atoms with Gasteiger partial charge < -0.3 is 4.74 Å². The fourth-order valence-electron chi connectivity index (χ4n) is 2.37. The highest BCUT2D eigenvalue weighted by Crippen LogP contribution is 2.09. The summed E-state index contributed by atoms with van der Waals surface area (Å²) in [6.45, 7) is 4.78. The predicted molar refractivity (Wildman–Crippen MR) is 85.9 cm³/mol. The number of aryl methyl sites for hydroxylation is 1. The maximum atomic E-state index is 12.6. The summed E-state index contributed by atoms with van der Waals surface area (Å²) in [6, 6.07) is 7.42. The van der Waals surface area contributed by atoms with Gasteiger partial charge in [-0.25, -0.2) is 4.98 Å². The highest BCUT2D eigenvalue weighted by molar-refractivity contribution is 5.77. The molecule has 1 aromatic heterocycles. The Morgan fingerprint density at radius 3 is 2.73 bits per heavy atom. The van der Waals surface area contributed by atoms with Gasteiger partial charge in [0.15, 0.2) is 0 Å². The van der Waals surface area contributed by atoms with Gasteiger partial charge in [0.05, 0.1) is 17.5 Å². The zero-order valence-electron chi connectivity index (χ0n) is 13.2. The van der Waals surface area contributed by atoms with Gasteiger partial charge in [0, 0.05) is 19.4 Å². The molecule has 0 N–H and O–H groups in total. The van der Waals surface area contributed by atoms with Crippen molar-refractivity contribution in [3.05, 3.63) is 40.4 Å². The average molecular weight is 302 g/mol. The molecule has 0 bridgehead atoms. The van der Waals surface area contributed by atoms with E-state index in [4.69, 9.17) is 4.74 Å². The van der Waals surface area contributed by atoms with E-state index in [1.807, 2.05) is 31.2 Å². The van der Waals surface area contributed by atoms with Gasteiger partial charge in [-0.1, -0.05) is 26.0 Å². The zero-order chi connectivity index (χ0) is 15.9. The predicted octanol–water partition coefficient (Wildman–Crippen LogP) is 2.69. The van der Waals surface area contributed by atoms with E-state index >= 15 is 0 Å². The molecule has 118 valence electrons. The number of nitrogens with zero attached hydrogens (tertiary/aromatic N) is 2. The van der Waals surface area contributed by atoms with Crippen molar-refractivity contribution in [2.45, 2.75) is 46.1 Å². The molecule has 2 aromatic rings. The molecule has 0 spiro atoms. The summed E-state index contributed by atoms with van der Waals surface area (Å²) in [6.07, 6.45) is 2.64. The Kier molecular flexibility index (Phi) is 5.69. The molecule has 1 heterocycles. The van der Waals surface area contributed by atoms with Gasteiger partial charge in [0.1, 0.15) is 5.82 Å². The molecule has 0 saturated carbocycles. The largest absolute Gasteiger partial charge is 0.466 e. The number of carbonyl (C=O) groups is 1. The van der Waals surface area contributed by atoms with Crippen molar-refractivity contribution in [1.29, 1.82) is 0 Å². The number of hydrogen-bond acceptors (Lipinski definition) is 4. The molecule has 0 unspecified atom stereocenters. The number of hydrogen-bond donors (Lipinski definition) is 0. The Morgan fingerprint density at radius 2 is 2.00 bits per heavy atom. The number of benzene rings is 1. The number of ether oxygens (including phenoxy) is 1. The van der Waals surface area contributed by atoms with Crippen molar-refractivity contribution in [2.75, 3.05) is 6.61 Å². The smallest absolute Gasteiger partial charge is 0.305 e. The summed E-state index contributed by atoms with van der Waals surface area (Å²) in [5.74, 6) is 0.619. The molecule has 0 saturated heterocycles. The lowest BCUT2D eigenvalue weighted by molar-refractivity contribution is -0.143. The Labute approximate surface area is 129 Å². The molecule has 0 amide bonds. The van der Waals surface area contributed by atoms with Crippen LogP contribution in [0.25, 0.3) is 10.9 Å². The van der Waals surface area contributed by atoms with Crippen LogP contribution in [0.15, 0.2) is 29.1 Å². The van der Waals surface area contributed by atoms with Crippen LogP contribution in [0.4, 0.5) is 0 Å². The molecule has 22 heavy (non-hydrogen) atoms. The zero-order valence-corrected chi connectivity index (χ0v) is 13.2. The molecule has 2 rings (SSSR count). The van der Waals surface area contributed by atoms with Crippen LogP contribution < -0.4 is 5.56 Å². The van der Waals surface area contributed by atoms with Crippen LogP contribution in [0, 0.1) is 0 Å². The standard InChI is InChI=1S/C17H22N2O3/c1-3-15-18-14-10-6-5-9-13(14)17(21)19(15)11-7-8-12-22-16(20)4-2/h5-6,9-10H,3-4,7-8,11-12H2,1-2H3. The number of aromatic nitrogens is 2. The minimum absolute atomic E-state index is 0.00741. The number of esters is 1. The molecule has 0 radical (unpaired) electrons. The van der Waals surface area contributed by atoms with E-state index in [-0.39, 0.29) is 11.5 Å². The molecule has 5 nitrogen and oxygen atoms in total. The SMILES string of the molecule is CCC(=O)OCCCCn1c(CC)nc2ccccc2c1=O. The van der Waals surface area contributed by atoms with E-state index in [0.29, 0.717) is 31.4 Å². The third-order valence-electron chi connectivity index (χ3n) is 3.58. The highest BCUT2D eigenvalue weighted by Gasteiger charge is 2.09. The third-order valence-corrected chi connectivity index (χ3v) is 3.58. The summed E-state index contributed by atoms with van der Waals surface area (Å²) in [5.41, 5.74) is 0.755. The summed E-state index contributed by atoms with van der Waals surface area (Å²) in [5, 5.41) is 0.650. The monoisotopic (exact) mass is 302 g/mol. The summed E-state index contributed by atoms with van der Waals surface area (Å²) < 4.78 is 6.78. The molecule has 0 fully saturated rings. The topological polar surface area (TPSA) is 61.2 Å². The van der Waals surface area contributed by atoms with E-state index in [2.05, 4.69) is 4.98 Å². The van der Waals surface area contributed by atoms with Gasteiger partial charge in [0.2, 0.25) is 0 Å². The second-order valence-electron chi connectivity index (χ2n) is 5.14. The molecule has 0 atom stereocenters. The minimum atomic E-state index is -0.182. The Morgan fingerprint density at radius 1 is 1.23 bits per heavy atom. The molecular weight excluding hydrogens is 280 g/mol. The van der Waals surface area contributed by atoms with Crippen LogP contribution in [0.1, 0.15) is 38.9 Å². The summed E-state index contributed by atoms with van der Waals surface area (Å²) in [4.78, 5) is 28.2. The van der Waals surface area contributed by atoms with Crippen molar-refractivity contribution in [1.82, 2.24) is 9.55 Å². The number of rotatable bonds is 7. The highest BCUT2D eigenvalue weighted by atomic mass is 16.5. The Balaban J connectivity index is 2.08. The molecule has 0 aliphatic carbocycles. The quantitative estimate of drug-likeness (QED) is 0.583. The minimum Gasteiger partial charge on any atom is -0.466 e. The molecule has 0 aliphatic rings. The van der Waals surface area contributed by atoms with Gasteiger partial charge in [-0.3, -0.25) is 14.2 Å². The third kappa shape index (κ3) is 3.72. The lowest BCUT2D eigenvalue weighted by Gasteiger charge is -2.12. The number of para-hydroxylation sites is 1.